The first kappa shape index (κ1) is 15.2. The highest BCUT2D eigenvalue weighted by molar-refractivity contribution is 9.10. The molecule has 0 aliphatic rings. The Morgan fingerprint density at radius 2 is 2.00 bits per heavy atom. The number of aliphatic imine (C=N–C) groups is 1. The molecule has 0 aliphatic heterocycles. The summed E-state index contributed by atoms with van der Waals surface area (Å²) in [6.07, 6.45) is 1.43. The molecule has 1 N–H and O–H groups in total. The average molecular weight is 349 g/mol. The number of rotatable bonds is 3. The zero-order valence-corrected chi connectivity index (χ0v) is 13.1. The van der Waals surface area contributed by atoms with Crippen molar-refractivity contribution in [2.75, 3.05) is 0 Å². The van der Waals surface area contributed by atoms with E-state index in [4.69, 9.17) is 0 Å². The van der Waals surface area contributed by atoms with Gasteiger partial charge in [-0.2, -0.15) is 0 Å². The fourth-order valence-electron chi connectivity index (χ4n) is 1.84. The van der Waals surface area contributed by atoms with E-state index in [1.807, 2.05) is 32.0 Å². The molecule has 6 heteroatoms. The predicted molar refractivity (Wildman–Crippen MR) is 85.6 cm³/mol. The van der Waals surface area contributed by atoms with Crippen LogP contribution < -0.4 is 0 Å². The molecule has 0 saturated heterocycles. The van der Waals surface area contributed by atoms with Gasteiger partial charge in [0.1, 0.15) is 0 Å². The lowest BCUT2D eigenvalue weighted by atomic mass is 10.1. The third kappa shape index (κ3) is 3.46. The normalized spacial score (nSPS) is 11.0. The summed E-state index contributed by atoms with van der Waals surface area (Å²) >= 11 is 3.19. The number of hydrogen-bond acceptors (Lipinski definition) is 4. The molecule has 2 aromatic carbocycles. The highest BCUT2D eigenvalue weighted by atomic mass is 79.9. The summed E-state index contributed by atoms with van der Waals surface area (Å²) in [6.45, 7) is 3.88. The minimum Gasteiger partial charge on any atom is -0.502 e. The van der Waals surface area contributed by atoms with Crippen molar-refractivity contribution in [2.45, 2.75) is 13.8 Å². The van der Waals surface area contributed by atoms with Gasteiger partial charge in [0, 0.05) is 22.3 Å². The van der Waals surface area contributed by atoms with E-state index >= 15 is 0 Å². The lowest BCUT2D eigenvalue weighted by Gasteiger charge is -2.03. The van der Waals surface area contributed by atoms with Crippen LogP contribution in [0.5, 0.6) is 5.75 Å². The Balaban J connectivity index is 2.46. The Hall–Kier alpha value is -2.21. The van der Waals surface area contributed by atoms with Crippen LogP contribution in [-0.4, -0.2) is 16.2 Å². The van der Waals surface area contributed by atoms with Crippen molar-refractivity contribution in [1.29, 1.82) is 0 Å². The summed E-state index contributed by atoms with van der Waals surface area (Å²) in [5, 5.41) is 20.8. The van der Waals surface area contributed by atoms with Crippen LogP contribution in [0.4, 0.5) is 11.4 Å². The molecule has 0 saturated carbocycles. The number of nitro benzene ring substituents is 1. The number of phenolic OH excluding ortho intramolecular Hbond substituents is 1. The molecule has 0 unspecified atom stereocenters. The highest BCUT2D eigenvalue weighted by Crippen LogP contribution is 2.33. The number of aryl methyl sites for hydroxylation is 2. The van der Waals surface area contributed by atoms with E-state index in [0.29, 0.717) is 4.47 Å². The average Bonchev–Trinajstić information content (AvgIpc) is 2.42. The molecular weight excluding hydrogens is 336 g/mol. The Kier molecular flexibility index (Phi) is 4.37. The van der Waals surface area contributed by atoms with Crippen molar-refractivity contribution < 1.29 is 10.0 Å². The maximum absolute atomic E-state index is 10.9. The van der Waals surface area contributed by atoms with Crippen molar-refractivity contribution in [3.63, 3.8) is 0 Å². The fraction of sp³-hybridized carbons (Fsp3) is 0.133. The number of benzene rings is 2. The van der Waals surface area contributed by atoms with Crippen molar-refractivity contribution >= 4 is 33.5 Å². The molecule has 0 atom stereocenters. The number of aromatic hydroxyl groups is 1. The summed E-state index contributed by atoms with van der Waals surface area (Å²) in [5.74, 6) is -0.391. The number of hydrogen-bond donors (Lipinski definition) is 1. The molecule has 0 heterocycles. The van der Waals surface area contributed by atoms with Crippen LogP contribution in [0.25, 0.3) is 0 Å². The van der Waals surface area contributed by atoms with Crippen LogP contribution >= 0.6 is 15.9 Å². The maximum atomic E-state index is 10.9. The standard InChI is InChI=1S/C15H13BrN2O3/c1-9-3-4-10(2)13(5-9)17-8-11-6-12(16)7-14(15(11)19)18(20)21/h3-8,19H,1-2H3/b17-8+. The Morgan fingerprint density at radius 1 is 1.29 bits per heavy atom. The first-order valence-electron chi connectivity index (χ1n) is 6.16. The third-order valence-electron chi connectivity index (χ3n) is 2.99. The van der Waals surface area contributed by atoms with Crippen LogP contribution in [0.2, 0.25) is 0 Å². The van der Waals surface area contributed by atoms with Gasteiger partial charge >= 0.3 is 5.69 Å². The quantitative estimate of drug-likeness (QED) is 0.506. The van der Waals surface area contributed by atoms with Crippen LogP contribution in [0.15, 0.2) is 39.8 Å². The Labute approximate surface area is 130 Å². The molecule has 0 amide bonds. The van der Waals surface area contributed by atoms with Crippen LogP contribution in [0.1, 0.15) is 16.7 Å². The van der Waals surface area contributed by atoms with Gasteiger partial charge in [0.2, 0.25) is 5.75 Å². The summed E-state index contributed by atoms with van der Waals surface area (Å²) in [4.78, 5) is 14.6. The second-order valence-corrected chi connectivity index (χ2v) is 5.58. The maximum Gasteiger partial charge on any atom is 0.312 e. The first-order chi connectivity index (χ1) is 9.88. The van der Waals surface area contributed by atoms with E-state index in [0.717, 1.165) is 16.8 Å². The van der Waals surface area contributed by atoms with E-state index < -0.39 is 10.7 Å². The molecule has 0 radical (unpaired) electrons. The summed E-state index contributed by atoms with van der Waals surface area (Å²) in [6, 6.07) is 8.68. The van der Waals surface area contributed by atoms with Crippen molar-refractivity contribution in [3.05, 3.63) is 61.6 Å². The van der Waals surface area contributed by atoms with Gasteiger partial charge < -0.3 is 5.11 Å². The van der Waals surface area contributed by atoms with Crippen molar-refractivity contribution in [2.24, 2.45) is 4.99 Å². The van der Waals surface area contributed by atoms with E-state index in [1.54, 1.807) is 6.07 Å². The fourth-order valence-corrected chi connectivity index (χ4v) is 2.30. The van der Waals surface area contributed by atoms with Gasteiger partial charge in [0.05, 0.1) is 10.6 Å². The lowest BCUT2D eigenvalue weighted by Crippen LogP contribution is -1.92. The lowest BCUT2D eigenvalue weighted by molar-refractivity contribution is -0.385. The van der Waals surface area contributed by atoms with Crippen LogP contribution in [-0.2, 0) is 0 Å². The van der Waals surface area contributed by atoms with Crippen molar-refractivity contribution in [1.82, 2.24) is 0 Å². The molecular formula is C15H13BrN2O3. The molecule has 108 valence electrons. The molecule has 5 nitrogen and oxygen atoms in total. The second kappa shape index (κ2) is 6.05. The van der Waals surface area contributed by atoms with Gasteiger partial charge in [0.15, 0.2) is 0 Å². The number of phenols is 1. The minimum absolute atomic E-state index is 0.289. The smallest absolute Gasteiger partial charge is 0.312 e. The minimum atomic E-state index is -0.630. The molecule has 2 aromatic rings. The monoisotopic (exact) mass is 348 g/mol. The summed E-state index contributed by atoms with van der Waals surface area (Å²) in [5.41, 5.74) is 2.75. The van der Waals surface area contributed by atoms with E-state index in [9.17, 15) is 15.2 Å². The number of halogens is 1. The van der Waals surface area contributed by atoms with Crippen LogP contribution in [0, 0.1) is 24.0 Å². The SMILES string of the molecule is Cc1ccc(C)c(/N=C/c2cc(Br)cc([N+](=O)[O-])c2O)c1. The topological polar surface area (TPSA) is 75.7 Å². The first-order valence-corrected chi connectivity index (χ1v) is 6.96. The number of nitrogens with zero attached hydrogens (tertiary/aromatic N) is 2. The van der Waals surface area contributed by atoms with E-state index in [1.165, 1.54) is 12.3 Å². The van der Waals surface area contributed by atoms with Crippen molar-refractivity contribution in [3.8, 4) is 5.75 Å². The van der Waals surface area contributed by atoms with Gasteiger partial charge in [-0.15, -0.1) is 0 Å². The Bertz CT molecular complexity index is 742. The molecule has 21 heavy (non-hydrogen) atoms. The van der Waals surface area contributed by atoms with E-state index in [-0.39, 0.29) is 11.3 Å². The van der Waals surface area contributed by atoms with Gasteiger partial charge in [0.25, 0.3) is 0 Å². The molecule has 0 fully saturated rings. The van der Waals surface area contributed by atoms with Gasteiger partial charge in [-0.05, 0) is 37.1 Å². The molecule has 0 aliphatic carbocycles. The summed E-state index contributed by atoms with van der Waals surface area (Å²) < 4.78 is 0.509. The van der Waals surface area contributed by atoms with Gasteiger partial charge in [-0.1, -0.05) is 28.1 Å². The van der Waals surface area contributed by atoms with E-state index in [2.05, 4.69) is 20.9 Å². The Morgan fingerprint density at radius 3 is 2.67 bits per heavy atom. The largest absolute Gasteiger partial charge is 0.502 e. The highest BCUT2D eigenvalue weighted by Gasteiger charge is 2.17. The van der Waals surface area contributed by atoms with Crippen LogP contribution in [0.3, 0.4) is 0 Å². The zero-order valence-electron chi connectivity index (χ0n) is 11.5. The third-order valence-corrected chi connectivity index (χ3v) is 3.45. The second-order valence-electron chi connectivity index (χ2n) is 4.67. The molecule has 0 spiro atoms. The van der Waals surface area contributed by atoms with Gasteiger partial charge in [-0.3, -0.25) is 15.1 Å². The molecule has 0 bridgehead atoms. The summed E-state index contributed by atoms with van der Waals surface area (Å²) in [7, 11) is 0. The molecule has 2 rings (SSSR count). The predicted octanol–water partition coefficient (Wildman–Crippen LogP) is 4.43. The molecule has 0 aromatic heterocycles. The van der Waals surface area contributed by atoms with Gasteiger partial charge in [-0.25, -0.2) is 0 Å². The number of nitro groups is 1. The zero-order chi connectivity index (χ0) is 15.6.